The van der Waals surface area contributed by atoms with Gasteiger partial charge < -0.3 is 5.32 Å². The van der Waals surface area contributed by atoms with Crippen LogP contribution in [-0.2, 0) is 0 Å². The van der Waals surface area contributed by atoms with Crippen molar-refractivity contribution in [3.63, 3.8) is 0 Å². The van der Waals surface area contributed by atoms with Crippen LogP contribution in [0.1, 0.15) is 36.5 Å². The minimum Gasteiger partial charge on any atom is -0.373 e. The molecule has 1 aromatic heterocycles. The van der Waals surface area contributed by atoms with Crippen LogP contribution in [-0.4, -0.2) is 12.0 Å². The van der Waals surface area contributed by atoms with Crippen LogP contribution in [0.5, 0.6) is 0 Å². The van der Waals surface area contributed by atoms with Gasteiger partial charge in [0.05, 0.1) is 5.52 Å². The fraction of sp³-hybridized carbons (Fsp3) is 0.400. The van der Waals surface area contributed by atoms with Gasteiger partial charge in [0.25, 0.3) is 0 Å². The van der Waals surface area contributed by atoms with Crippen molar-refractivity contribution < 1.29 is 0 Å². The topological polar surface area (TPSA) is 24.9 Å². The first-order valence-electron chi connectivity index (χ1n) is 6.12. The van der Waals surface area contributed by atoms with Crippen LogP contribution in [0.2, 0.25) is 0 Å². The Bertz CT molecular complexity index is 556. The lowest BCUT2D eigenvalue weighted by Gasteiger charge is -2.14. The molecule has 0 fully saturated rings. The Kier molecular flexibility index (Phi) is 3.05. The second-order valence-electron chi connectivity index (χ2n) is 4.98. The van der Waals surface area contributed by atoms with E-state index in [9.17, 15) is 0 Å². The van der Waals surface area contributed by atoms with Gasteiger partial charge in [-0.15, -0.1) is 0 Å². The highest BCUT2D eigenvalue weighted by Gasteiger charge is 2.10. The van der Waals surface area contributed by atoms with Crippen LogP contribution >= 0.6 is 0 Å². The number of hydrogen-bond acceptors (Lipinski definition) is 2. The largest absolute Gasteiger partial charge is 0.373 e. The summed E-state index contributed by atoms with van der Waals surface area (Å²) in [6.45, 7) is 8.67. The highest BCUT2D eigenvalue weighted by Crippen LogP contribution is 2.28. The molecule has 0 saturated carbocycles. The lowest BCUT2D eigenvalue weighted by molar-refractivity contribution is 0.864. The molecule has 90 valence electrons. The number of aryl methyl sites for hydroxylation is 2. The SMILES string of the molecule is CNc1nc2cc(C)cc(C)c2cc1C(C)C. The smallest absolute Gasteiger partial charge is 0.129 e. The first-order valence-corrected chi connectivity index (χ1v) is 6.12. The molecule has 0 atom stereocenters. The maximum atomic E-state index is 4.73. The predicted molar refractivity (Wildman–Crippen MR) is 74.9 cm³/mol. The number of nitrogens with one attached hydrogen (secondary N) is 1. The molecule has 1 heterocycles. The molecule has 0 bridgehead atoms. The summed E-state index contributed by atoms with van der Waals surface area (Å²) in [6.07, 6.45) is 0. The molecule has 0 unspecified atom stereocenters. The molecule has 0 saturated heterocycles. The molecular formula is C15H20N2. The fourth-order valence-electron chi connectivity index (χ4n) is 2.29. The summed E-state index contributed by atoms with van der Waals surface area (Å²) in [5.74, 6) is 1.48. The first-order chi connectivity index (χ1) is 8.02. The van der Waals surface area contributed by atoms with E-state index >= 15 is 0 Å². The normalized spacial score (nSPS) is 11.2. The minimum atomic E-state index is 0.482. The summed E-state index contributed by atoms with van der Waals surface area (Å²) in [5, 5.41) is 4.46. The lowest BCUT2D eigenvalue weighted by atomic mass is 9.99. The molecule has 2 rings (SSSR count). The van der Waals surface area contributed by atoms with Crippen LogP contribution in [0.4, 0.5) is 5.82 Å². The fourth-order valence-corrected chi connectivity index (χ4v) is 2.29. The number of nitrogens with zero attached hydrogens (tertiary/aromatic N) is 1. The standard InChI is InChI=1S/C15H20N2/c1-9(2)12-8-13-11(4)6-10(3)7-14(13)17-15(12)16-5/h6-9H,1-5H3,(H,16,17). The van der Waals surface area contributed by atoms with Crippen LogP contribution in [0, 0.1) is 13.8 Å². The maximum absolute atomic E-state index is 4.73. The third kappa shape index (κ3) is 2.12. The molecule has 0 aliphatic carbocycles. The molecule has 2 aromatic rings. The average Bonchev–Trinajstić information content (AvgIpc) is 2.26. The summed E-state index contributed by atoms with van der Waals surface area (Å²) in [5.41, 5.74) is 4.93. The van der Waals surface area contributed by atoms with Gasteiger partial charge >= 0.3 is 0 Å². The van der Waals surface area contributed by atoms with Gasteiger partial charge in [-0.2, -0.15) is 0 Å². The predicted octanol–water partition coefficient (Wildman–Crippen LogP) is 4.02. The number of aromatic nitrogens is 1. The van der Waals surface area contributed by atoms with E-state index in [2.05, 4.69) is 51.2 Å². The van der Waals surface area contributed by atoms with Gasteiger partial charge in [-0.05, 0) is 48.6 Å². The summed E-state index contributed by atoms with van der Waals surface area (Å²) in [6, 6.07) is 6.63. The van der Waals surface area contributed by atoms with Crippen molar-refractivity contribution in [2.24, 2.45) is 0 Å². The van der Waals surface area contributed by atoms with E-state index in [4.69, 9.17) is 4.98 Å². The zero-order valence-corrected chi connectivity index (χ0v) is 11.3. The highest BCUT2D eigenvalue weighted by molar-refractivity contribution is 5.85. The Morgan fingerprint density at radius 3 is 2.41 bits per heavy atom. The molecule has 0 radical (unpaired) electrons. The summed E-state index contributed by atoms with van der Waals surface area (Å²) < 4.78 is 0. The van der Waals surface area contributed by atoms with Crippen molar-refractivity contribution in [1.82, 2.24) is 4.98 Å². The number of rotatable bonds is 2. The Hall–Kier alpha value is -1.57. The van der Waals surface area contributed by atoms with Gasteiger partial charge in [0, 0.05) is 12.4 Å². The summed E-state index contributed by atoms with van der Waals surface area (Å²) in [4.78, 5) is 4.73. The third-order valence-electron chi connectivity index (χ3n) is 3.17. The Morgan fingerprint density at radius 2 is 1.82 bits per heavy atom. The van der Waals surface area contributed by atoms with Crippen LogP contribution in [0.25, 0.3) is 10.9 Å². The van der Waals surface area contributed by atoms with Gasteiger partial charge in [-0.1, -0.05) is 19.9 Å². The molecule has 0 spiro atoms. The number of fused-ring (bicyclic) bond motifs is 1. The van der Waals surface area contributed by atoms with E-state index in [1.165, 1.54) is 22.1 Å². The Morgan fingerprint density at radius 1 is 1.12 bits per heavy atom. The number of pyridine rings is 1. The van der Waals surface area contributed by atoms with Gasteiger partial charge in [0.2, 0.25) is 0 Å². The third-order valence-corrected chi connectivity index (χ3v) is 3.17. The molecule has 0 aliphatic rings. The van der Waals surface area contributed by atoms with Crippen molar-refractivity contribution in [3.8, 4) is 0 Å². The first kappa shape index (κ1) is 11.9. The molecule has 2 heteroatoms. The maximum Gasteiger partial charge on any atom is 0.129 e. The second kappa shape index (κ2) is 4.36. The summed E-state index contributed by atoms with van der Waals surface area (Å²) in [7, 11) is 1.93. The Labute approximate surface area is 103 Å². The lowest BCUT2D eigenvalue weighted by Crippen LogP contribution is -2.01. The van der Waals surface area contributed by atoms with Crippen molar-refractivity contribution in [1.29, 1.82) is 0 Å². The van der Waals surface area contributed by atoms with Gasteiger partial charge in [0.15, 0.2) is 0 Å². The number of anilines is 1. The minimum absolute atomic E-state index is 0.482. The molecular weight excluding hydrogens is 208 g/mol. The zero-order chi connectivity index (χ0) is 12.6. The molecule has 2 nitrogen and oxygen atoms in total. The van der Waals surface area contributed by atoms with Crippen molar-refractivity contribution in [2.75, 3.05) is 12.4 Å². The highest BCUT2D eigenvalue weighted by atomic mass is 15.0. The van der Waals surface area contributed by atoms with Crippen LogP contribution in [0.3, 0.4) is 0 Å². The van der Waals surface area contributed by atoms with Crippen LogP contribution < -0.4 is 5.32 Å². The van der Waals surface area contributed by atoms with E-state index in [0.29, 0.717) is 5.92 Å². The zero-order valence-electron chi connectivity index (χ0n) is 11.3. The summed E-state index contributed by atoms with van der Waals surface area (Å²) >= 11 is 0. The van der Waals surface area contributed by atoms with E-state index in [1.807, 2.05) is 7.05 Å². The van der Waals surface area contributed by atoms with Crippen molar-refractivity contribution in [2.45, 2.75) is 33.6 Å². The average molecular weight is 228 g/mol. The molecule has 1 N–H and O–H groups in total. The molecule has 17 heavy (non-hydrogen) atoms. The van der Waals surface area contributed by atoms with E-state index in [-0.39, 0.29) is 0 Å². The van der Waals surface area contributed by atoms with E-state index in [1.54, 1.807) is 0 Å². The van der Waals surface area contributed by atoms with Gasteiger partial charge in [-0.25, -0.2) is 4.98 Å². The molecule has 1 aromatic carbocycles. The number of benzene rings is 1. The Balaban J connectivity index is 2.78. The number of hydrogen-bond donors (Lipinski definition) is 1. The van der Waals surface area contributed by atoms with Crippen molar-refractivity contribution in [3.05, 3.63) is 34.9 Å². The van der Waals surface area contributed by atoms with Crippen LogP contribution in [0.15, 0.2) is 18.2 Å². The monoisotopic (exact) mass is 228 g/mol. The van der Waals surface area contributed by atoms with Crippen molar-refractivity contribution >= 4 is 16.7 Å². The van der Waals surface area contributed by atoms with Gasteiger partial charge in [-0.3, -0.25) is 0 Å². The molecule has 0 aliphatic heterocycles. The quantitative estimate of drug-likeness (QED) is 0.839. The van der Waals surface area contributed by atoms with E-state index < -0.39 is 0 Å². The van der Waals surface area contributed by atoms with E-state index in [0.717, 1.165) is 11.3 Å². The van der Waals surface area contributed by atoms with Gasteiger partial charge in [0.1, 0.15) is 5.82 Å². The molecule has 0 amide bonds. The second-order valence-corrected chi connectivity index (χ2v) is 4.98.